The zero-order chi connectivity index (χ0) is 12.6. The van der Waals surface area contributed by atoms with Crippen LogP contribution in [0.1, 0.15) is 40.5 Å². The fraction of sp³-hybridized carbons (Fsp3) is 0.769. The first-order chi connectivity index (χ1) is 7.51. The van der Waals surface area contributed by atoms with E-state index < -0.39 is 8.32 Å². The molecule has 0 saturated carbocycles. The second kappa shape index (κ2) is 7.79. The Hall–Kier alpha value is -0.413. The van der Waals surface area contributed by atoms with Gasteiger partial charge in [-0.2, -0.15) is 0 Å². The molecule has 0 radical (unpaired) electrons. The maximum Gasteiger partial charge on any atom is 0.192 e. The first-order valence-corrected chi connectivity index (χ1v) is 8.87. The van der Waals surface area contributed by atoms with Crippen LogP contribution in [0.2, 0.25) is 18.1 Å². The molecule has 0 saturated heterocycles. The molecule has 0 unspecified atom stereocenters. The first kappa shape index (κ1) is 15.6. The number of allylic oxidation sites excluding steroid dienone is 1. The Balaban J connectivity index is 4.12. The van der Waals surface area contributed by atoms with Crippen molar-refractivity contribution in [2.24, 2.45) is 0 Å². The molecule has 0 amide bonds. The fourth-order valence-corrected chi connectivity index (χ4v) is 5.16. The largest absolute Gasteiger partial charge is 0.417 e. The van der Waals surface area contributed by atoms with Crippen LogP contribution in [0.15, 0.2) is 12.2 Å². The lowest BCUT2D eigenvalue weighted by Gasteiger charge is -2.28. The minimum absolute atomic E-state index is 0.201. The van der Waals surface area contributed by atoms with Crippen LogP contribution in [0.4, 0.5) is 0 Å². The molecule has 0 aromatic carbocycles. The minimum atomic E-state index is -1.53. The van der Waals surface area contributed by atoms with Gasteiger partial charge in [0.1, 0.15) is 0 Å². The van der Waals surface area contributed by atoms with Crippen LogP contribution in [0.25, 0.3) is 0 Å². The zero-order valence-electron chi connectivity index (χ0n) is 11.3. The fourth-order valence-electron chi connectivity index (χ4n) is 1.97. The van der Waals surface area contributed by atoms with E-state index in [4.69, 9.17) is 4.43 Å². The Kier molecular flexibility index (Phi) is 7.59. The van der Waals surface area contributed by atoms with Crippen molar-refractivity contribution in [1.82, 2.24) is 0 Å². The van der Waals surface area contributed by atoms with E-state index in [0.717, 1.165) is 31.2 Å². The highest BCUT2D eigenvalue weighted by atomic mass is 28.4. The molecule has 0 aliphatic rings. The van der Waals surface area contributed by atoms with Crippen LogP contribution >= 0.6 is 0 Å². The maximum atomic E-state index is 11.4. The summed E-state index contributed by atoms with van der Waals surface area (Å²) in [4.78, 5) is 11.4. The SMILES string of the molecule is C=C(C)C(=O)CCC[Si](CC)(CC)OCC. The molecular weight excluding hydrogens is 216 g/mol. The molecule has 0 atom stereocenters. The Morgan fingerprint density at radius 1 is 1.25 bits per heavy atom. The second-order valence-electron chi connectivity index (χ2n) is 4.38. The Morgan fingerprint density at radius 3 is 2.19 bits per heavy atom. The van der Waals surface area contributed by atoms with Gasteiger partial charge in [0.15, 0.2) is 14.1 Å². The molecular formula is C13H26O2Si. The highest BCUT2D eigenvalue weighted by molar-refractivity contribution is 6.73. The van der Waals surface area contributed by atoms with E-state index in [2.05, 4.69) is 27.4 Å². The van der Waals surface area contributed by atoms with Gasteiger partial charge in [-0.3, -0.25) is 4.79 Å². The minimum Gasteiger partial charge on any atom is -0.417 e. The lowest BCUT2D eigenvalue weighted by atomic mass is 10.1. The van der Waals surface area contributed by atoms with Crippen LogP contribution in [-0.2, 0) is 9.22 Å². The summed E-state index contributed by atoms with van der Waals surface area (Å²) in [6, 6.07) is 3.41. The van der Waals surface area contributed by atoms with Crippen molar-refractivity contribution in [3.63, 3.8) is 0 Å². The third-order valence-corrected chi connectivity index (χ3v) is 7.99. The molecule has 0 aromatic heterocycles. The molecule has 0 aromatic rings. The first-order valence-electron chi connectivity index (χ1n) is 6.34. The lowest BCUT2D eigenvalue weighted by molar-refractivity contribution is -0.115. The highest BCUT2D eigenvalue weighted by Gasteiger charge is 2.29. The van der Waals surface area contributed by atoms with E-state index in [1.165, 1.54) is 0 Å². The Morgan fingerprint density at radius 2 is 1.81 bits per heavy atom. The van der Waals surface area contributed by atoms with Gasteiger partial charge in [0.25, 0.3) is 0 Å². The molecule has 0 bridgehead atoms. The van der Waals surface area contributed by atoms with Crippen molar-refractivity contribution < 1.29 is 9.22 Å². The molecule has 0 aliphatic carbocycles. The molecule has 0 heterocycles. The van der Waals surface area contributed by atoms with Gasteiger partial charge < -0.3 is 4.43 Å². The molecule has 0 aliphatic heterocycles. The average Bonchev–Trinajstić information content (AvgIpc) is 2.27. The molecule has 3 heteroatoms. The summed E-state index contributed by atoms with van der Waals surface area (Å²) in [5.41, 5.74) is 0.677. The number of rotatable bonds is 9. The van der Waals surface area contributed by atoms with Crippen LogP contribution in [0.5, 0.6) is 0 Å². The Bertz CT molecular complexity index is 232. The van der Waals surface area contributed by atoms with Crippen molar-refractivity contribution in [2.45, 2.75) is 58.7 Å². The molecule has 0 spiro atoms. The molecule has 94 valence electrons. The second-order valence-corrected chi connectivity index (χ2v) is 8.95. The van der Waals surface area contributed by atoms with Crippen molar-refractivity contribution >= 4 is 14.1 Å². The van der Waals surface area contributed by atoms with Crippen molar-refractivity contribution in [1.29, 1.82) is 0 Å². The summed E-state index contributed by atoms with van der Waals surface area (Å²) in [7, 11) is -1.53. The lowest BCUT2D eigenvalue weighted by Crippen LogP contribution is -2.36. The summed E-state index contributed by atoms with van der Waals surface area (Å²) in [5, 5.41) is 0. The molecule has 16 heavy (non-hydrogen) atoms. The number of Topliss-reactive ketones (excluding diaryl/α,β-unsaturated/α-hetero) is 1. The number of carbonyl (C=O) groups excluding carboxylic acids is 1. The van der Waals surface area contributed by atoms with Gasteiger partial charge in [-0.1, -0.05) is 20.4 Å². The van der Waals surface area contributed by atoms with Crippen LogP contribution in [0, 0.1) is 0 Å². The van der Waals surface area contributed by atoms with Crippen molar-refractivity contribution in [2.75, 3.05) is 6.61 Å². The highest BCUT2D eigenvalue weighted by Crippen LogP contribution is 2.24. The number of hydrogen-bond acceptors (Lipinski definition) is 2. The van der Waals surface area contributed by atoms with Crippen LogP contribution in [0.3, 0.4) is 0 Å². The summed E-state index contributed by atoms with van der Waals surface area (Å²) in [6.07, 6.45) is 1.59. The van der Waals surface area contributed by atoms with E-state index in [1.807, 2.05) is 0 Å². The summed E-state index contributed by atoms with van der Waals surface area (Å²) >= 11 is 0. The normalized spacial score (nSPS) is 11.5. The number of ketones is 1. The van der Waals surface area contributed by atoms with E-state index in [0.29, 0.717) is 12.0 Å². The molecule has 0 N–H and O–H groups in total. The molecule has 0 rings (SSSR count). The van der Waals surface area contributed by atoms with Gasteiger partial charge in [-0.05, 0) is 44.0 Å². The van der Waals surface area contributed by atoms with Crippen molar-refractivity contribution in [3.05, 3.63) is 12.2 Å². The predicted molar refractivity (Wildman–Crippen MR) is 72.2 cm³/mol. The summed E-state index contributed by atoms with van der Waals surface area (Å²) in [6.45, 7) is 12.8. The van der Waals surface area contributed by atoms with Crippen LogP contribution in [-0.4, -0.2) is 20.7 Å². The van der Waals surface area contributed by atoms with E-state index in [9.17, 15) is 4.79 Å². The smallest absolute Gasteiger partial charge is 0.192 e. The third kappa shape index (κ3) is 5.08. The van der Waals surface area contributed by atoms with Gasteiger partial charge in [-0.25, -0.2) is 0 Å². The van der Waals surface area contributed by atoms with Gasteiger partial charge in [0.05, 0.1) is 0 Å². The standard InChI is InChI=1S/C13H26O2Si/c1-6-15-16(7-2,8-3)11-9-10-13(14)12(4)5/h4,6-11H2,1-3,5H3. The monoisotopic (exact) mass is 242 g/mol. The van der Waals surface area contributed by atoms with E-state index in [1.54, 1.807) is 6.92 Å². The Labute approximate surface area is 101 Å². The molecule has 0 fully saturated rings. The zero-order valence-corrected chi connectivity index (χ0v) is 12.3. The third-order valence-electron chi connectivity index (χ3n) is 3.25. The summed E-state index contributed by atoms with van der Waals surface area (Å²) < 4.78 is 5.98. The summed E-state index contributed by atoms with van der Waals surface area (Å²) in [5.74, 6) is 0.201. The quantitative estimate of drug-likeness (QED) is 0.452. The number of carbonyl (C=O) groups is 1. The van der Waals surface area contributed by atoms with Gasteiger partial charge in [0.2, 0.25) is 0 Å². The van der Waals surface area contributed by atoms with Gasteiger partial charge in [-0.15, -0.1) is 0 Å². The van der Waals surface area contributed by atoms with Gasteiger partial charge in [0, 0.05) is 13.0 Å². The van der Waals surface area contributed by atoms with Crippen molar-refractivity contribution in [3.8, 4) is 0 Å². The topological polar surface area (TPSA) is 26.3 Å². The number of hydrogen-bond donors (Lipinski definition) is 0. The predicted octanol–water partition coefficient (Wildman–Crippen LogP) is 3.93. The van der Waals surface area contributed by atoms with Crippen LogP contribution < -0.4 is 0 Å². The molecule has 2 nitrogen and oxygen atoms in total. The van der Waals surface area contributed by atoms with E-state index in [-0.39, 0.29) is 5.78 Å². The van der Waals surface area contributed by atoms with E-state index >= 15 is 0 Å². The van der Waals surface area contributed by atoms with Gasteiger partial charge >= 0.3 is 0 Å². The maximum absolute atomic E-state index is 11.4. The average molecular weight is 242 g/mol.